The van der Waals surface area contributed by atoms with Crippen molar-refractivity contribution >= 4 is 27.6 Å². The van der Waals surface area contributed by atoms with Crippen LogP contribution >= 0.6 is 20.1 Å². The van der Waals surface area contributed by atoms with Crippen molar-refractivity contribution < 1.29 is 0 Å². The highest BCUT2D eigenvalue weighted by molar-refractivity contribution is 7.68. The molecule has 0 aliphatic heterocycles. The van der Waals surface area contributed by atoms with E-state index in [1.165, 1.54) is 0 Å². The Morgan fingerprint density at radius 1 is 1.50 bits per heavy atom. The van der Waals surface area contributed by atoms with Gasteiger partial charge in [0, 0.05) is 5.12 Å². The van der Waals surface area contributed by atoms with Crippen LogP contribution in [-0.2, 0) is 0 Å². The highest BCUT2D eigenvalue weighted by Crippen LogP contribution is 2.34. The van der Waals surface area contributed by atoms with Gasteiger partial charge in [0.2, 0.25) is 0 Å². The van der Waals surface area contributed by atoms with Crippen molar-refractivity contribution in [3.05, 3.63) is 0 Å². The number of hydrogen-bond donors (Lipinski definition) is 0. The number of rotatable bonds is 1. The molecule has 0 rings (SSSR count). The zero-order valence-corrected chi connectivity index (χ0v) is 7.29. The van der Waals surface area contributed by atoms with Gasteiger partial charge in [0.15, 0.2) is 0 Å². The molecule has 46 valence electrons. The van der Waals surface area contributed by atoms with Gasteiger partial charge in [-0.05, 0) is 5.41 Å². The molecule has 0 aromatic rings. The van der Waals surface area contributed by atoms with Crippen LogP contribution in [0.25, 0.3) is 0 Å². The molecule has 3 heteroatoms. The first-order valence-electron chi connectivity index (χ1n) is 2.58. The Morgan fingerprint density at radius 3 is 1.88 bits per heavy atom. The van der Waals surface area contributed by atoms with Crippen LogP contribution < -0.4 is 0 Å². The van der Waals surface area contributed by atoms with E-state index >= 15 is 0 Å². The molecule has 0 spiro atoms. The summed E-state index contributed by atoms with van der Waals surface area (Å²) in [6.45, 7) is 6.26. The average molecular weight is 148 g/mol. The van der Waals surface area contributed by atoms with Gasteiger partial charge >= 0.3 is 0 Å². The number of hydrogen-bond acceptors (Lipinski definition) is 0. The molecule has 0 aromatic carbocycles. The van der Waals surface area contributed by atoms with Gasteiger partial charge in [-0.3, -0.25) is 0 Å². The lowest BCUT2D eigenvalue weighted by molar-refractivity contribution is 0.454. The highest BCUT2D eigenvalue weighted by Gasteiger charge is 2.19. The first-order chi connectivity index (χ1) is 3.48. The smallest absolute Gasteiger partial charge is 0.106 e. The maximum absolute atomic E-state index is 5.83. The summed E-state index contributed by atoms with van der Waals surface area (Å²) >= 11 is 5.83. The normalized spacial score (nSPS) is 17.5. The first-order valence-corrected chi connectivity index (χ1v) is 4.18. The first kappa shape index (κ1) is 8.78. The fraction of sp³-hybridized carbons (Fsp3) is 1.00. The van der Waals surface area contributed by atoms with E-state index in [-0.39, 0.29) is 10.5 Å². The van der Waals surface area contributed by atoms with Gasteiger partial charge in [0.1, 0.15) is 7.57 Å². The molecule has 0 saturated heterocycles. The van der Waals surface area contributed by atoms with Crippen molar-refractivity contribution in [2.24, 2.45) is 5.41 Å². The standard InChI is InChI=1S/C5H11BClP/c1-5(2,3)4(7)8-6/h4,8H,1-3H3. The van der Waals surface area contributed by atoms with Crippen molar-refractivity contribution in [1.82, 2.24) is 0 Å². The second kappa shape index (κ2) is 3.08. The van der Waals surface area contributed by atoms with Crippen molar-refractivity contribution in [3.63, 3.8) is 0 Å². The Balaban J connectivity index is 3.62. The van der Waals surface area contributed by atoms with Crippen LogP contribution in [0.4, 0.5) is 0 Å². The molecule has 8 heavy (non-hydrogen) atoms. The Bertz CT molecular complexity index is 69.3. The maximum atomic E-state index is 5.83. The predicted molar refractivity (Wildman–Crippen MR) is 43.2 cm³/mol. The second-order valence-corrected chi connectivity index (χ2v) is 4.61. The number of halogens is 1. The molecule has 0 aromatic heterocycles. The third-order valence-electron chi connectivity index (χ3n) is 0.907. The zero-order valence-electron chi connectivity index (χ0n) is 5.53. The molecule has 0 nitrogen and oxygen atoms in total. The lowest BCUT2D eigenvalue weighted by Crippen LogP contribution is -2.15. The van der Waals surface area contributed by atoms with Crippen LogP contribution in [0.3, 0.4) is 0 Å². The molecule has 0 bridgehead atoms. The van der Waals surface area contributed by atoms with Gasteiger partial charge in [-0.25, -0.2) is 0 Å². The van der Waals surface area contributed by atoms with Crippen LogP contribution in [0.15, 0.2) is 0 Å². The van der Waals surface area contributed by atoms with Crippen molar-refractivity contribution in [3.8, 4) is 0 Å². The molecule has 0 N–H and O–H groups in total. The molecule has 0 fully saturated rings. The van der Waals surface area contributed by atoms with Gasteiger partial charge in [0.25, 0.3) is 0 Å². The Labute approximate surface area is 59.5 Å². The van der Waals surface area contributed by atoms with E-state index in [1.54, 1.807) is 0 Å². The van der Waals surface area contributed by atoms with Gasteiger partial charge in [-0.1, -0.05) is 20.8 Å². The van der Waals surface area contributed by atoms with Gasteiger partial charge in [0.05, 0.1) is 0 Å². The largest absolute Gasteiger partial charge is 0.153 e. The quantitative estimate of drug-likeness (QED) is 0.304. The molecule has 0 aliphatic rings. The fourth-order valence-corrected chi connectivity index (χ4v) is 0.750. The van der Waals surface area contributed by atoms with Gasteiger partial charge in [-0.15, -0.1) is 11.6 Å². The third-order valence-corrected chi connectivity index (χ3v) is 3.10. The minimum Gasteiger partial charge on any atom is -0.153 e. The van der Waals surface area contributed by atoms with Crippen molar-refractivity contribution in [2.45, 2.75) is 25.9 Å². The van der Waals surface area contributed by atoms with E-state index < -0.39 is 0 Å². The molecule has 2 unspecified atom stereocenters. The Kier molecular flexibility index (Phi) is 3.38. The third kappa shape index (κ3) is 2.94. The summed E-state index contributed by atoms with van der Waals surface area (Å²) in [6, 6.07) is 0. The topological polar surface area (TPSA) is 0 Å². The molecule has 2 radical (unpaired) electrons. The molecule has 0 aliphatic carbocycles. The zero-order chi connectivity index (χ0) is 6.78. The number of alkyl halides is 1. The highest BCUT2D eigenvalue weighted by atomic mass is 35.5. The summed E-state index contributed by atoms with van der Waals surface area (Å²) in [5.74, 6) is 0. The molecular formula is C5H11BClP. The minimum absolute atomic E-state index is 0.127. The molecule has 0 saturated carbocycles. The summed E-state index contributed by atoms with van der Waals surface area (Å²) in [4.78, 5) is 0. The van der Waals surface area contributed by atoms with Crippen LogP contribution in [0, 0.1) is 5.41 Å². The molecular weight excluding hydrogens is 137 g/mol. The summed E-state index contributed by atoms with van der Waals surface area (Å²) in [7, 11) is 5.70. The summed E-state index contributed by atoms with van der Waals surface area (Å²) in [6.07, 6.45) is 0. The Morgan fingerprint density at radius 2 is 1.88 bits per heavy atom. The summed E-state index contributed by atoms with van der Waals surface area (Å²) in [5.41, 5.74) is 0.161. The maximum Gasteiger partial charge on any atom is 0.106 e. The van der Waals surface area contributed by atoms with E-state index in [0.29, 0.717) is 8.46 Å². The fourth-order valence-electron chi connectivity index (χ4n) is 0.250. The minimum atomic E-state index is 0.127. The van der Waals surface area contributed by atoms with E-state index in [1.807, 2.05) is 0 Å². The summed E-state index contributed by atoms with van der Waals surface area (Å²) < 4.78 is 0. The van der Waals surface area contributed by atoms with Crippen molar-refractivity contribution in [2.75, 3.05) is 0 Å². The second-order valence-electron chi connectivity index (χ2n) is 2.90. The predicted octanol–water partition coefficient (Wildman–Crippen LogP) is 2.36. The van der Waals surface area contributed by atoms with Crippen molar-refractivity contribution in [1.29, 1.82) is 0 Å². The van der Waals surface area contributed by atoms with E-state index in [4.69, 9.17) is 19.2 Å². The van der Waals surface area contributed by atoms with E-state index in [0.717, 1.165) is 0 Å². The van der Waals surface area contributed by atoms with Gasteiger partial charge < -0.3 is 0 Å². The average Bonchev–Trinajstić information content (AvgIpc) is 1.62. The lowest BCUT2D eigenvalue weighted by atomic mass is 10.0. The lowest BCUT2D eigenvalue weighted by Gasteiger charge is -2.23. The van der Waals surface area contributed by atoms with Crippen LogP contribution in [0.2, 0.25) is 0 Å². The van der Waals surface area contributed by atoms with E-state index in [9.17, 15) is 0 Å². The van der Waals surface area contributed by atoms with Gasteiger partial charge in [-0.2, -0.15) is 8.46 Å². The van der Waals surface area contributed by atoms with Crippen LogP contribution in [-0.4, -0.2) is 12.7 Å². The SMILES string of the molecule is [B]PC(Cl)C(C)(C)C. The Hall–Kier alpha value is 0.785. The molecule has 2 atom stereocenters. The van der Waals surface area contributed by atoms with Crippen LogP contribution in [0.1, 0.15) is 20.8 Å². The molecule has 0 amide bonds. The van der Waals surface area contributed by atoms with Crippen LogP contribution in [0.5, 0.6) is 0 Å². The van der Waals surface area contributed by atoms with E-state index in [2.05, 4.69) is 20.8 Å². The summed E-state index contributed by atoms with van der Waals surface area (Å²) in [5, 5.41) is 0.127. The monoisotopic (exact) mass is 148 g/mol. The molecule has 0 heterocycles.